The van der Waals surface area contributed by atoms with E-state index in [2.05, 4.69) is 11.5 Å². The summed E-state index contributed by atoms with van der Waals surface area (Å²) in [6.07, 6.45) is 2.87. The Morgan fingerprint density at radius 2 is 1.77 bits per heavy atom. The fraction of sp³-hybridized carbons (Fsp3) is 0.387. The minimum atomic E-state index is -1.74. The number of carbonyl (C=O) groups is 3. The number of Topliss-reactive ketones (excluding diaryl/α,β-unsaturated/α-hetero) is 1. The van der Waals surface area contributed by atoms with Crippen LogP contribution in [-0.2, 0) is 24.7 Å². The fourth-order valence-electron chi connectivity index (χ4n) is 5.90. The summed E-state index contributed by atoms with van der Waals surface area (Å²) < 4.78 is 11.0. The SMILES string of the molecule is C=CCOc1ccc(/C(O)=C2/C(=O)C(=O)N(CCCN3CCOCC3)C23C(=O)N(CCC)c2ccccc23)cc1. The van der Waals surface area contributed by atoms with Crippen LogP contribution in [0.15, 0.2) is 66.8 Å². The van der Waals surface area contributed by atoms with Crippen molar-refractivity contribution in [2.75, 3.05) is 57.4 Å². The molecule has 2 aromatic rings. The first-order valence-corrected chi connectivity index (χ1v) is 13.8. The van der Waals surface area contributed by atoms with E-state index in [1.54, 1.807) is 47.4 Å². The summed E-state index contributed by atoms with van der Waals surface area (Å²) in [6, 6.07) is 13.8. The Bertz CT molecular complexity index is 1330. The molecule has 210 valence electrons. The van der Waals surface area contributed by atoms with Crippen LogP contribution in [-0.4, -0.2) is 85.0 Å². The number of morpholine rings is 1. The number of amides is 2. The first kappa shape index (κ1) is 27.6. The van der Waals surface area contributed by atoms with Crippen LogP contribution < -0.4 is 9.64 Å². The highest BCUT2D eigenvalue weighted by molar-refractivity contribution is 6.50. The van der Waals surface area contributed by atoms with Crippen LogP contribution >= 0.6 is 0 Å². The first-order chi connectivity index (χ1) is 19.4. The number of hydrogen-bond acceptors (Lipinski definition) is 7. The smallest absolute Gasteiger partial charge is 0.296 e. The van der Waals surface area contributed by atoms with Gasteiger partial charge in [-0.15, -0.1) is 0 Å². The predicted octanol–water partition coefficient (Wildman–Crippen LogP) is 3.31. The molecule has 0 aromatic heterocycles. The van der Waals surface area contributed by atoms with Crippen molar-refractivity contribution in [1.29, 1.82) is 0 Å². The summed E-state index contributed by atoms with van der Waals surface area (Å²) in [5, 5.41) is 11.6. The molecule has 0 saturated carbocycles. The lowest BCUT2D eigenvalue weighted by molar-refractivity contribution is -0.143. The van der Waals surface area contributed by atoms with Crippen molar-refractivity contribution in [1.82, 2.24) is 9.80 Å². The molecule has 0 aliphatic carbocycles. The van der Waals surface area contributed by atoms with E-state index in [0.29, 0.717) is 68.3 Å². The van der Waals surface area contributed by atoms with Crippen LogP contribution in [0.1, 0.15) is 30.9 Å². The molecule has 0 bridgehead atoms. The fourth-order valence-corrected chi connectivity index (χ4v) is 5.90. The van der Waals surface area contributed by atoms with E-state index in [-0.39, 0.29) is 17.9 Å². The van der Waals surface area contributed by atoms with Gasteiger partial charge in [-0.3, -0.25) is 19.3 Å². The van der Waals surface area contributed by atoms with Crippen LogP contribution in [0, 0.1) is 0 Å². The molecular formula is C31H35N3O6. The third kappa shape index (κ3) is 4.59. The molecule has 1 N–H and O–H groups in total. The minimum Gasteiger partial charge on any atom is -0.507 e. The molecule has 3 heterocycles. The summed E-state index contributed by atoms with van der Waals surface area (Å²) in [4.78, 5) is 47.1. The van der Waals surface area contributed by atoms with E-state index in [1.165, 1.54) is 4.90 Å². The van der Waals surface area contributed by atoms with Gasteiger partial charge in [-0.25, -0.2) is 0 Å². The largest absolute Gasteiger partial charge is 0.507 e. The van der Waals surface area contributed by atoms with Crippen LogP contribution in [0.3, 0.4) is 0 Å². The summed E-state index contributed by atoms with van der Waals surface area (Å²) in [5.74, 6) is -1.86. The van der Waals surface area contributed by atoms with Crippen LogP contribution in [0.5, 0.6) is 5.75 Å². The molecule has 9 heteroatoms. The van der Waals surface area contributed by atoms with E-state index in [9.17, 15) is 19.5 Å². The van der Waals surface area contributed by atoms with Gasteiger partial charge in [0, 0.05) is 43.9 Å². The maximum Gasteiger partial charge on any atom is 0.296 e. The predicted molar refractivity (Wildman–Crippen MR) is 151 cm³/mol. The topological polar surface area (TPSA) is 99.6 Å². The van der Waals surface area contributed by atoms with Gasteiger partial charge in [0.05, 0.1) is 24.5 Å². The molecule has 1 atom stereocenters. The quantitative estimate of drug-likeness (QED) is 0.212. The van der Waals surface area contributed by atoms with Gasteiger partial charge in [-0.1, -0.05) is 37.8 Å². The Labute approximate surface area is 234 Å². The number of ether oxygens (including phenoxy) is 2. The second-order valence-electron chi connectivity index (χ2n) is 10.1. The molecule has 1 spiro atoms. The van der Waals surface area contributed by atoms with Gasteiger partial charge in [0.1, 0.15) is 18.1 Å². The lowest BCUT2D eigenvalue weighted by atomic mass is 9.82. The zero-order chi connectivity index (χ0) is 28.3. The molecule has 2 amide bonds. The Kier molecular flexibility index (Phi) is 8.04. The van der Waals surface area contributed by atoms with Crippen molar-refractivity contribution in [2.45, 2.75) is 25.3 Å². The number of fused-ring (bicyclic) bond motifs is 2. The molecule has 3 aliphatic rings. The Morgan fingerprint density at radius 1 is 1.05 bits per heavy atom. The van der Waals surface area contributed by atoms with Crippen molar-refractivity contribution in [3.8, 4) is 5.75 Å². The Morgan fingerprint density at radius 3 is 2.48 bits per heavy atom. The molecule has 5 rings (SSSR count). The zero-order valence-electron chi connectivity index (χ0n) is 22.8. The number of rotatable bonds is 10. The molecular weight excluding hydrogens is 510 g/mol. The number of nitrogens with zero attached hydrogens (tertiary/aromatic N) is 3. The van der Waals surface area contributed by atoms with Gasteiger partial charge in [-0.05, 0) is 43.2 Å². The van der Waals surface area contributed by atoms with E-state index in [4.69, 9.17) is 9.47 Å². The highest BCUT2D eigenvalue weighted by atomic mass is 16.5. The molecule has 0 radical (unpaired) electrons. The van der Waals surface area contributed by atoms with E-state index in [0.717, 1.165) is 13.1 Å². The number of likely N-dealkylation sites (tertiary alicyclic amines) is 1. The number of anilines is 1. The average Bonchev–Trinajstić information content (AvgIpc) is 3.35. The molecule has 3 aliphatic heterocycles. The third-order valence-corrected chi connectivity index (χ3v) is 7.71. The van der Waals surface area contributed by atoms with Crippen LogP contribution in [0.4, 0.5) is 5.69 Å². The standard InChI is InChI=1S/C31H35N3O6/c1-3-14-33-25-9-6-5-8-24(25)31(30(33)38)26(27(35)22-10-12-23(13-11-22)40-19-4-2)28(36)29(37)34(31)16-7-15-32-17-20-39-21-18-32/h4-6,8-13,35H,2-3,7,14-21H2,1H3/b27-26+. The molecule has 9 nitrogen and oxygen atoms in total. The van der Waals surface area contributed by atoms with E-state index >= 15 is 0 Å². The lowest BCUT2D eigenvalue weighted by Crippen LogP contribution is -2.52. The van der Waals surface area contributed by atoms with Crippen LogP contribution in [0.25, 0.3) is 5.76 Å². The summed E-state index contributed by atoms with van der Waals surface area (Å²) in [5.41, 5.74) is -0.442. The van der Waals surface area contributed by atoms with Crippen molar-refractivity contribution in [2.24, 2.45) is 0 Å². The van der Waals surface area contributed by atoms with Crippen molar-refractivity contribution >= 4 is 29.0 Å². The summed E-state index contributed by atoms with van der Waals surface area (Å²) >= 11 is 0. The zero-order valence-corrected chi connectivity index (χ0v) is 22.8. The molecule has 1 unspecified atom stereocenters. The van der Waals surface area contributed by atoms with Gasteiger partial charge in [0.15, 0.2) is 5.54 Å². The Hall–Kier alpha value is -3.95. The third-order valence-electron chi connectivity index (χ3n) is 7.71. The van der Waals surface area contributed by atoms with Gasteiger partial charge >= 0.3 is 0 Å². The molecule has 2 saturated heterocycles. The molecule has 40 heavy (non-hydrogen) atoms. The van der Waals surface area contributed by atoms with Crippen LogP contribution in [0.2, 0.25) is 0 Å². The van der Waals surface area contributed by atoms with Crippen molar-refractivity contribution in [3.05, 3.63) is 77.9 Å². The Balaban J connectivity index is 1.61. The number of ketones is 1. The number of hydrogen-bond donors (Lipinski definition) is 1. The number of carbonyl (C=O) groups excluding carboxylic acids is 3. The van der Waals surface area contributed by atoms with Gasteiger partial charge in [-0.2, -0.15) is 0 Å². The highest BCUT2D eigenvalue weighted by Gasteiger charge is 2.66. The second kappa shape index (κ2) is 11.7. The summed E-state index contributed by atoms with van der Waals surface area (Å²) in [7, 11) is 0. The maximum absolute atomic E-state index is 14.4. The number of benzene rings is 2. The van der Waals surface area contributed by atoms with Gasteiger partial charge in [0.2, 0.25) is 0 Å². The molecule has 2 aromatic carbocycles. The summed E-state index contributed by atoms with van der Waals surface area (Å²) in [6.45, 7) is 10.1. The van der Waals surface area contributed by atoms with Gasteiger partial charge < -0.3 is 24.4 Å². The lowest BCUT2D eigenvalue weighted by Gasteiger charge is -2.35. The van der Waals surface area contributed by atoms with E-state index < -0.39 is 23.1 Å². The van der Waals surface area contributed by atoms with Crippen molar-refractivity contribution < 1.29 is 29.0 Å². The van der Waals surface area contributed by atoms with Crippen molar-refractivity contribution in [3.63, 3.8) is 0 Å². The highest BCUT2D eigenvalue weighted by Crippen LogP contribution is 2.53. The first-order valence-electron chi connectivity index (χ1n) is 13.8. The van der Waals surface area contributed by atoms with Gasteiger partial charge in [0.25, 0.3) is 17.6 Å². The average molecular weight is 546 g/mol. The monoisotopic (exact) mass is 545 g/mol. The number of aliphatic hydroxyl groups excluding tert-OH is 1. The normalized spacial score (nSPS) is 22.3. The number of para-hydroxylation sites is 1. The molecule has 2 fully saturated rings. The number of aliphatic hydroxyl groups is 1. The maximum atomic E-state index is 14.4. The van der Waals surface area contributed by atoms with E-state index in [1.807, 2.05) is 19.1 Å². The second-order valence-corrected chi connectivity index (χ2v) is 10.1. The minimum absolute atomic E-state index is 0.188.